The molecule has 1 aromatic heterocycles. The number of nitrogens with zero attached hydrogens (tertiary/aromatic N) is 1. The fraction of sp³-hybridized carbons (Fsp3) is 0.0909. The van der Waals surface area contributed by atoms with Gasteiger partial charge >= 0.3 is 5.97 Å². The molecule has 0 fully saturated rings. The number of carbonyl (C=O) groups excluding carboxylic acids is 1. The molecule has 0 saturated carbocycles. The third-order valence-electron chi connectivity index (χ3n) is 1.92. The molecule has 15 heavy (non-hydrogen) atoms. The second-order valence-electron chi connectivity index (χ2n) is 2.97. The van der Waals surface area contributed by atoms with E-state index in [4.69, 9.17) is 9.84 Å². The van der Waals surface area contributed by atoms with Crippen molar-refractivity contribution in [2.75, 3.05) is 6.61 Å². The Balaban J connectivity index is 2.34. The van der Waals surface area contributed by atoms with E-state index < -0.39 is 12.6 Å². The van der Waals surface area contributed by atoms with Gasteiger partial charge in [-0.1, -0.05) is 18.2 Å². The first-order valence-corrected chi connectivity index (χ1v) is 4.47. The van der Waals surface area contributed by atoms with Gasteiger partial charge in [-0.05, 0) is 12.1 Å². The topological polar surface area (TPSA) is 59.4 Å². The fourth-order valence-corrected chi connectivity index (χ4v) is 1.25. The van der Waals surface area contributed by atoms with Crippen LogP contribution in [0.25, 0.3) is 10.9 Å². The highest BCUT2D eigenvalue weighted by molar-refractivity contribution is 5.80. The first-order chi connectivity index (χ1) is 7.29. The van der Waals surface area contributed by atoms with Crippen molar-refractivity contribution in [3.05, 3.63) is 36.4 Å². The van der Waals surface area contributed by atoms with E-state index in [1.165, 1.54) is 0 Å². The van der Waals surface area contributed by atoms with E-state index >= 15 is 0 Å². The van der Waals surface area contributed by atoms with Crippen molar-refractivity contribution in [2.45, 2.75) is 0 Å². The molecule has 4 nitrogen and oxygen atoms in total. The van der Waals surface area contributed by atoms with E-state index in [9.17, 15) is 4.79 Å². The number of benzene rings is 1. The van der Waals surface area contributed by atoms with Crippen LogP contribution < -0.4 is 4.74 Å². The standard InChI is InChI=1S/C11H9NO3/c13-7-11(14)15-10-6-5-8-3-1-2-4-9(8)12-10/h1-6,13H,7H2. The average molecular weight is 203 g/mol. The molecule has 76 valence electrons. The maximum atomic E-state index is 10.8. The number of carbonyl (C=O) groups is 1. The normalized spacial score (nSPS) is 10.2. The van der Waals surface area contributed by atoms with Crippen molar-refractivity contribution in [3.8, 4) is 5.88 Å². The van der Waals surface area contributed by atoms with Crippen molar-refractivity contribution >= 4 is 16.9 Å². The monoisotopic (exact) mass is 203 g/mol. The number of hydrogen-bond acceptors (Lipinski definition) is 4. The molecule has 1 heterocycles. The molecule has 2 aromatic rings. The van der Waals surface area contributed by atoms with Gasteiger partial charge in [0.05, 0.1) is 5.52 Å². The zero-order valence-corrected chi connectivity index (χ0v) is 7.88. The number of aliphatic hydroxyl groups is 1. The Morgan fingerprint density at radius 2 is 2.07 bits per heavy atom. The summed E-state index contributed by atoms with van der Waals surface area (Å²) in [5.74, 6) is -0.509. The van der Waals surface area contributed by atoms with Crippen molar-refractivity contribution in [1.82, 2.24) is 4.98 Å². The van der Waals surface area contributed by atoms with Crippen LogP contribution in [0.1, 0.15) is 0 Å². The first-order valence-electron chi connectivity index (χ1n) is 4.47. The number of hydrogen-bond donors (Lipinski definition) is 1. The Kier molecular flexibility index (Phi) is 2.60. The van der Waals surface area contributed by atoms with E-state index in [0.29, 0.717) is 0 Å². The molecule has 0 atom stereocenters. The molecular weight excluding hydrogens is 194 g/mol. The van der Waals surface area contributed by atoms with Crippen LogP contribution in [0, 0.1) is 0 Å². The summed E-state index contributed by atoms with van der Waals surface area (Å²) in [6, 6.07) is 10.9. The number of esters is 1. The zero-order valence-electron chi connectivity index (χ0n) is 7.88. The number of aliphatic hydroxyl groups excluding tert-OH is 1. The number of rotatable bonds is 2. The second-order valence-corrected chi connectivity index (χ2v) is 2.97. The van der Waals surface area contributed by atoms with Crippen LogP contribution in [0.15, 0.2) is 36.4 Å². The van der Waals surface area contributed by atoms with E-state index in [2.05, 4.69) is 4.98 Å². The lowest BCUT2D eigenvalue weighted by Gasteiger charge is -2.02. The van der Waals surface area contributed by atoms with Gasteiger partial charge in [-0.2, -0.15) is 0 Å². The summed E-state index contributed by atoms with van der Waals surface area (Å²) in [6.07, 6.45) is 0. The number of fused-ring (bicyclic) bond motifs is 1. The van der Waals surface area contributed by atoms with Crippen LogP contribution in [0.5, 0.6) is 5.88 Å². The first kappa shape index (κ1) is 9.61. The van der Waals surface area contributed by atoms with Gasteiger partial charge in [0, 0.05) is 11.5 Å². The van der Waals surface area contributed by atoms with E-state index in [1.807, 2.05) is 30.3 Å². The van der Waals surface area contributed by atoms with E-state index in [1.54, 1.807) is 6.07 Å². The molecule has 1 aromatic carbocycles. The van der Waals surface area contributed by atoms with Crippen molar-refractivity contribution in [1.29, 1.82) is 0 Å². The van der Waals surface area contributed by atoms with Gasteiger partial charge in [0.1, 0.15) is 6.61 Å². The SMILES string of the molecule is O=C(CO)Oc1ccc2ccccc2n1. The number of pyridine rings is 1. The summed E-state index contributed by atoms with van der Waals surface area (Å²) in [5.41, 5.74) is 0.751. The van der Waals surface area contributed by atoms with Gasteiger partial charge in [0.25, 0.3) is 0 Å². The van der Waals surface area contributed by atoms with Crippen LogP contribution in [-0.4, -0.2) is 22.7 Å². The van der Waals surface area contributed by atoms with Gasteiger partial charge in [-0.15, -0.1) is 0 Å². The van der Waals surface area contributed by atoms with Gasteiger partial charge < -0.3 is 9.84 Å². The van der Waals surface area contributed by atoms with Gasteiger partial charge in [-0.25, -0.2) is 9.78 Å². The molecule has 0 aliphatic carbocycles. The highest BCUT2D eigenvalue weighted by Gasteiger charge is 2.04. The number of aromatic nitrogens is 1. The van der Waals surface area contributed by atoms with Crippen LogP contribution >= 0.6 is 0 Å². The number of ether oxygens (including phenoxy) is 1. The van der Waals surface area contributed by atoms with Gasteiger partial charge in [-0.3, -0.25) is 0 Å². The fourth-order valence-electron chi connectivity index (χ4n) is 1.25. The van der Waals surface area contributed by atoms with Gasteiger partial charge in [0.15, 0.2) is 0 Å². The molecule has 0 aliphatic heterocycles. The molecule has 0 radical (unpaired) electrons. The predicted octanol–water partition coefficient (Wildman–Crippen LogP) is 1.13. The van der Waals surface area contributed by atoms with Crippen molar-refractivity contribution in [2.24, 2.45) is 0 Å². The largest absolute Gasteiger partial charge is 0.406 e. The summed E-state index contributed by atoms with van der Waals surface area (Å²) in [6.45, 7) is -0.644. The lowest BCUT2D eigenvalue weighted by atomic mass is 10.2. The van der Waals surface area contributed by atoms with Crippen LogP contribution in [0.2, 0.25) is 0 Å². The van der Waals surface area contributed by atoms with Crippen LogP contribution in [0.3, 0.4) is 0 Å². The molecule has 1 N–H and O–H groups in total. The summed E-state index contributed by atoms with van der Waals surface area (Å²) in [5, 5.41) is 9.48. The molecule has 0 aliphatic rings. The predicted molar refractivity (Wildman–Crippen MR) is 54.5 cm³/mol. The minimum absolute atomic E-state index is 0.202. The highest BCUT2D eigenvalue weighted by Crippen LogP contribution is 2.15. The smallest absolute Gasteiger partial charge is 0.338 e. The summed E-state index contributed by atoms with van der Waals surface area (Å²) in [4.78, 5) is 14.9. The maximum absolute atomic E-state index is 10.8. The third-order valence-corrected chi connectivity index (χ3v) is 1.92. The average Bonchev–Trinajstić information content (AvgIpc) is 2.29. The van der Waals surface area contributed by atoms with Crippen LogP contribution in [0.4, 0.5) is 0 Å². The Morgan fingerprint density at radius 1 is 1.27 bits per heavy atom. The Bertz CT molecular complexity index is 496. The minimum atomic E-state index is -0.710. The molecular formula is C11H9NO3. The van der Waals surface area contributed by atoms with Crippen LogP contribution in [-0.2, 0) is 4.79 Å². The number of para-hydroxylation sites is 1. The van der Waals surface area contributed by atoms with Crippen molar-refractivity contribution < 1.29 is 14.6 Å². The summed E-state index contributed by atoms with van der Waals surface area (Å²) < 4.78 is 4.77. The second kappa shape index (κ2) is 4.06. The molecule has 0 saturated heterocycles. The summed E-state index contributed by atoms with van der Waals surface area (Å²) in [7, 11) is 0. The zero-order chi connectivity index (χ0) is 10.7. The van der Waals surface area contributed by atoms with E-state index in [0.717, 1.165) is 10.9 Å². The van der Waals surface area contributed by atoms with E-state index in [-0.39, 0.29) is 5.88 Å². The highest BCUT2D eigenvalue weighted by atomic mass is 16.6. The van der Waals surface area contributed by atoms with Gasteiger partial charge in [0.2, 0.25) is 5.88 Å². The van der Waals surface area contributed by atoms with Crippen molar-refractivity contribution in [3.63, 3.8) is 0 Å². The molecule has 0 bridgehead atoms. The lowest BCUT2D eigenvalue weighted by molar-refractivity contribution is -0.137. The lowest BCUT2D eigenvalue weighted by Crippen LogP contribution is -2.12. The molecule has 2 rings (SSSR count). The molecule has 0 unspecified atom stereocenters. The third kappa shape index (κ3) is 2.11. The quantitative estimate of drug-likeness (QED) is 0.743. The Morgan fingerprint density at radius 3 is 2.87 bits per heavy atom. The molecule has 4 heteroatoms. The molecule has 0 spiro atoms. The summed E-state index contributed by atoms with van der Waals surface area (Å²) >= 11 is 0. The Labute approximate surface area is 86.1 Å². The Hall–Kier alpha value is -1.94. The molecule has 0 amide bonds. The minimum Gasteiger partial charge on any atom is -0.406 e. The maximum Gasteiger partial charge on any atom is 0.338 e.